The van der Waals surface area contributed by atoms with Gasteiger partial charge in [-0.1, -0.05) is 42.8 Å². The summed E-state index contributed by atoms with van der Waals surface area (Å²) >= 11 is 6.28. The molecule has 1 N–H and O–H groups in total. The minimum atomic E-state index is -0.213. The zero-order valence-corrected chi connectivity index (χ0v) is 17.1. The standard InChI is InChI=1S/C21H27ClN2O3/c1-5-10-27-20-18(22)11-17(12-19(20)26-4)21(25)23-13-15-6-8-16(9-7-15)14-24(2)3/h6-9,11-12H,5,10,13-14H2,1-4H3,(H,23,25). The molecule has 0 spiro atoms. The summed E-state index contributed by atoms with van der Waals surface area (Å²) in [6.07, 6.45) is 0.856. The van der Waals surface area contributed by atoms with Crippen LogP contribution in [0, 0.1) is 0 Å². The molecule has 2 aromatic rings. The van der Waals surface area contributed by atoms with Gasteiger partial charge in [-0.15, -0.1) is 0 Å². The maximum absolute atomic E-state index is 12.5. The molecule has 0 fully saturated rings. The number of hydrogen-bond donors (Lipinski definition) is 1. The van der Waals surface area contributed by atoms with Gasteiger partial charge in [0, 0.05) is 18.7 Å². The minimum absolute atomic E-state index is 0.213. The molecule has 0 aliphatic carbocycles. The fourth-order valence-corrected chi connectivity index (χ4v) is 2.87. The quantitative estimate of drug-likeness (QED) is 0.699. The number of nitrogens with one attached hydrogen (secondary N) is 1. The van der Waals surface area contributed by atoms with Gasteiger partial charge in [-0.25, -0.2) is 0 Å². The van der Waals surface area contributed by atoms with Crippen molar-refractivity contribution in [3.63, 3.8) is 0 Å². The van der Waals surface area contributed by atoms with Crippen LogP contribution in [0.1, 0.15) is 34.8 Å². The predicted octanol–water partition coefficient (Wildman–Crippen LogP) is 4.13. The molecule has 0 aromatic heterocycles. The molecule has 2 aromatic carbocycles. The number of nitrogens with zero attached hydrogens (tertiary/aromatic N) is 1. The van der Waals surface area contributed by atoms with Crippen LogP contribution in [0.5, 0.6) is 11.5 Å². The summed E-state index contributed by atoms with van der Waals surface area (Å²) in [4.78, 5) is 14.6. The van der Waals surface area contributed by atoms with Crippen molar-refractivity contribution >= 4 is 17.5 Å². The molecular weight excluding hydrogens is 364 g/mol. The number of hydrogen-bond acceptors (Lipinski definition) is 4. The van der Waals surface area contributed by atoms with Crippen LogP contribution in [0.2, 0.25) is 5.02 Å². The van der Waals surface area contributed by atoms with Crippen LogP contribution in [0.25, 0.3) is 0 Å². The summed E-state index contributed by atoms with van der Waals surface area (Å²) in [6, 6.07) is 11.4. The molecule has 146 valence electrons. The first kappa shape index (κ1) is 21.1. The molecule has 0 heterocycles. The van der Waals surface area contributed by atoms with Gasteiger partial charge in [-0.3, -0.25) is 4.79 Å². The molecule has 0 aliphatic rings. The number of ether oxygens (including phenoxy) is 2. The molecular formula is C21H27ClN2O3. The van der Waals surface area contributed by atoms with Gasteiger partial charge in [-0.05, 0) is 43.8 Å². The maximum Gasteiger partial charge on any atom is 0.251 e. The summed E-state index contributed by atoms with van der Waals surface area (Å²) in [5.74, 6) is 0.706. The lowest BCUT2D eigenvalue weighted by Crippen LogP contribution is -2.23. The Kier molecular flexibility index (Phi) is 7.95. The van der Waals surface area contributed by atoms with Gasteiger partial charge in [0.25, 0.3) is 5.91 Å². The molecule has 0 bridgehead atoms. The van der Waals surface area contributed by atoms with Crippen LogP contribution < -0.4 is 14.8 Å². The lowest BCUT2D eigenvalue weighted by atomic mass is 10.1. The van der Waals surface area contributed by atoms with Gasteiger partial charge in [0.1, 0.15) is 0 Å². The van der Waals surface area contributed by atoms with Crippen LogP contribution in [0.15, 0.2) is 36.4 Å². The highest BCUT2D eigenvalue weighted by Gasteiger charge is 2.15. The van der Waals surface area contributed by atoms with Crippen molar-refractivity contribution in [1.29, 1.82) is 0 Å². The van der Waals surface area contributed by atoms with Crippen molar-refractivity contribution in [2.24, 2.45) is 0 Å². The third-order valence-electron chi connectivity index (χ3n) is 3.92. The zero-order valence-electron chi connectivity index (χ0n) is 16.3. The van der Waals surface area contributed by atoms with Gasteiger partial charge in [-0.2, -0.15) is 0 Å². The fraction of sp³-hybridized carbons (Fsp3) is 0.381. The second kappa shape index (κ2) is 10.2. The van der Waals surface area contributed by atoms with E-state index in [4.69, 9.17) is 21.1 Å². The molecule has 0 saturated heterocycles. The molecule has 2 rings (SSSR count). The number of rotatable bonds is 9. The van der Waals surface area contributed by atoms with E-state index in [2.05, 4.69) is 22.3 Å². The first-order valence-electron chi connectivity index (χ1n) is 8.95. The van der Waals surface area contributed by atoms with Gasteiger partial charge < -0.3 is 19.7 Å². The third-order valence-corrected chi connectivity index (χ3v) is 4.20. The predicted molar refractivity (Wildman–Crippen MR) is 109 cm³/mol. The van der Waals surface area contributed by atoms with Crippen molar-refractivity contribution in [3.8, 4) is 11.5 Å². The van der Waals surface area contributed by atoms with Crippen molar-refractivity contribution in [3.05, 3.63) is 58.1 Å². The molecule has 0 saturated carbocycles. The summed E-state index contributed by atoms with van der Waals surface area (Å²) in [5, 5.41) is 3.27. The number of carbonyl (C=O) groups excluding carboxylic acids is 1. The zero-order chi connectivity index (χ0) is 19.8. The van der Waals surface area contributed by atoms with E-state index < -0.39 is 0 Å². The van der Waals surface area contributed by atoms with Gasteiger partial charge >= 0.3 is 0 Å². The van der Waals surface area contributed by atoms with Gasteiger partial charge in [0.15, 0.2) is 11.5 Å². The number of methoxy groups -OCH3 is 1. The summed E-state index contributed by atoms with van der Waals surface area (Å²) in [6.45, 7) is 3.87. The molecule has 0 radical (unpaired) electrons. The van der Waals surface area contributed by atoms with E-state index in [1.54, 1.807) is 12.1 Å². The van der Waals surface area contributed by atoms with Crippen LogP contribution in [0.4, 0.5) is 0 Å². The van der Waals surface area contributed by atoms with Gasteiger partial charge in [0.05, 0.1) is 18.7 Å². The minimum Gasteiger partial charge on any atom is -0.493 e. The second-order valence-corrected chi connectivity index (χ2v) is 6.98. The summed E-state index contributed by atoms with van der Waals surface area (Å²) < 4.78 is 10.9. The molecule has 0 atom stereocenters. The van der Waals surface area contributed by atoms with Crippen LogP contribution in [-0.2, 0) is 13.1 Å². The van der Waals surface area contributed by atoms with Crippen LogP contribution >= 0.6 is 11.6 Å². The van der Waals surface area contributed by atoms with Gasteiger partial charge in [0.2, 0.25) is 0 Å². The maximum atomic E-state index is 12.5. The number of carbonyl (C=O) groups is 1. The highest BCUT2D eigenvalue weighted by molar-refractivity contribution is 6.32. The Morgan fingerprint density at radius 3 is 2.41 bits per heavy atom. The first-order chi connectivity index (χ1) is 12.9. The number of benzene rings is 2. The van der Waals surface area contributed by atoms with Crippen molar-refractivity contribution in [2.75, 3.05) is 27.8 Å². The SMILES string of the molecule is CCCOc1c(Cl)cc(C(=O)NCc2ccc(CN(C)C)cc2)cc1OC. The topological polar surface area (TPSA) is 50.8 Å². The highest BCUT2D eigenvalue weighted by atomic mass is 35.5. The van der Waals surface area contributed by atoms with E-state index in [1.807, 2.05) is 33.2 Å². The summed E-state index contributed by atoms with van der Waals surface area (Å²) in [5.41, 5.74) is 2.70. The first-order valence-corrected chi connectivity index (χ1v) is 9.33. The second-order valence-electron chi connectivity index (χ2n) is 6.57. The van der Waals surface area contributed by atoms with Crippen molar-refractivity contribution in [2.45, 2.75) is 26.4 Å². The fourth-order valence-electron chi connectivity index (χ4n) is 2.61. The largest absolute Gasteiger partial charge is 0.493 e. The Morgan fingerprint density at radius 1 is 1.15 bits per heavy atom. The highest BCUT2D eigenvalue weighted by Crippen LogP contribution is 2.36. The smallest absolute Gasteiger partial charge is 0.251 e. The third kappa shape index (κ3) is 6.15. The molecule has 1 amide bonds. The van der Waals surface area contributed by atoms with Crippen LogP contribution in [-0.4, -0.2) is 38.6 Å². The molecule has 5 nitrogen and oxygen atoms in total. The Hall–Kier alpha value is -2.24. The van der Waals surface area contributed by atoms with E-state index >= 15 is 0 Å². The monoisotopic (exact) mass is 390 g/mol. The molecule has 6 heteroatoms. The lowest BCUT2D eigenvalue weighted by Gasteiger charge is -2.14. The normalized spacial score (nSPS) is 10.7. The van der Waals surface area contributed by atoms with E-state index in [0.29, 0.717) is 35.2 Å². The van der Waals surface area contributed by atoms with Crippen molar-refractivity contribution < 1.29 is 14.3 Å². The Bertz CT molecular complexity index is 761. The number of amides is 1. The van der Waals surface area contributed by atoms with E-state index in [9.17, 15) is 4.79 Å². The Balaban J connectivity index is 2.04. The number of halogens is 1. The lowest BCUT2D eigenvalue weighted by molar-refractivity contribution is 0.0950. The Morgan fingerprint density at radius 2 is 1.81 bits per heavy atom. The van der Waals surface area contributed by atoms with E-state index in [1.165, 1.54) is 12.7 Å². The Labute approximate surface area is 166 Å². The molecule has 0 aliphatic heterocycles. The summed E-state index contributed by atoms with van der Waals surface area (Å²) in [7, 11) is 5.60. The molecule has 0 unspecified atom stereocenters. The average molecular weight is 391 g/mol. The average Bonchev–Trinajstić information content (AvgIpc) is 2.65. The van der Waals surface area contributed by atoms with Crippen molar-refractivity contribution in [1.82, 2.24) is 10.2 Å². The molecule has 27 heavy (non-hydrogen) atoms. The van der Waals surface area contributed by atoms with E-state index in [-0.39, 0.29) is 5.91 Å². The van der Waals surface area contributed by atoms with Crippen LogP contribution in [0.3, 0.4) is 0 Å². The van der Waals surface area contributed by atoms with E-state index in [0.717, 1.165) is 18.5 Å².